The van der Waals surface area contributed by atoms with Gasteiger partial charge in [-0.25, -0.2) is 9.37 Å². The first-order valence-corrected chi connectivity index (χ1v) is 12.2. The minimum atomic E-state index is -1.07. The Morgan fingerprint density at radius 3 is 2.58 bits per heavy atom. The highest BCUT2D eigenvalue weighted by Crippen LogP contribution is 2.31. The van der Waals surface area contributed by atoms with Gasteiger partial charge in [0.1, 0.15) is 5.82 Å². The first-order valence-electron chi connectivity index (χ1n) is 12.2. The number of halogens is 1. The smallest absolute Gasteiger partial charge is 0.253 e. The van der Waals surface area contributed by atoms with Gasteiger partial charge in [0.2, 0.25) is 5.91 Å². The lowest BCUT2D eigenvalue weighted by molar-refractivity contribution is -0.140. The van der Waals surface area contributed by atoms with Gasteiger partial charge in [-0.1, -0.05) is 51.2 Å². The quantitative estimate of drug-likeness (QED) is 0.714. The Kier molecular flexibility index (Phi) is 7.27. The van der Waals surface area contributed by atoms with E-state index in [9.17, 15) is 19.1 Å². The van der Waals surface area contributed by atoms with E-state index in [4.69, 9.17) is 0 Å². The van der Waals surface area contributed by atoms with Crippen molar-refractivity contribution in [2.24, 2.45) is 11.8 Å². The Morgan fingerprint density at radius 1 is 1.21 bits per heavy atom. The van der Waals surface area contributed by atoms with Crippen LogP contribution in [0.2, 0.25) is 0 Å². The number of benzene rings is 1. The number of aromatic nitrogens is 2. The Labute approximate surface area is 194 Å². The van der Waals surface area contributed by atoms with Gasteiger partial charge >= 0.3 is 0 Å². The third-order valence-electron chi connectivity index (χ3n) is 7.33. The molecule has 1 aromatic heterocycles. The molecule has 4 rings (SSSR count). The van der Waals surface area contributed by atoms with Crippen LogP contribution in [0.5, 0.6) is 0 Å². The fraction of sp³-hybridized carbons (Fsp3) is 0.577. The number of nitrogens with zero attached hydrogens (tertiary/aromatic N) is 3. The number of hydrogen-bond donors (Lipinski definition) is 1. The molecule has 1 saturated carbocycles. The number of amides is 1. The second kappa shape index (κ2) is 10.2. The van der Waals surface area contributed by atoms with Gasteiger partial charge in [-0.2, -0.15) is 0 Å². The minimum absolute atomic E-state index is 0.0111. The lowest BCUT2D eigenvalue weighted by Crippen LogP contribution is -2.50. The van der Waals surface area contributed by atoms with E-state index in [2.05, 4.69) is 4.98 Å². The molecule has 1 aliphatic carbocycles. The Balaban J connectivity index is 1.34. The topological polar surface area (TPSA) is 75.4 Å². The second-order valence-electron chi connectivity index (χ2n) is 9.91. The summed E-state index contributed by atoms with van der Waals surface area (Å²) in [6.45, 7) is 3.11. The average Bonchev–Trinajstić information content (AvgIpc) is 2.81. The largest absolute Gasteiger partial charge is 0.388 e. The number of piperidine rings is 1. The highest BCUT2D eigenvalue weighted by molar-refractivity contribution is 5.78. The molecule has 0 spiro atoms. The van der Waals surface area contributed by atoms with Crippen LogP contribution in [-0.4, -0.2) is 44.2 Å². The summed E-state index contributed by atoms with van der Waals surface area (Å²) in [5.74, 6) is 0.411. The molecule has 2 fully saturated rings. The summed E-state index contributed by atoms with van der Waals surface area (Å²) < 4.78 is 15.4. The molecule has 0 bridgehead atoms. The van der Waals surface area contributed by atoms with Crippen molar-refractivity contribution in [3.63, 3.8) is 0 Å². The molecule has 1 saturated heterocycles. The molecule has 6 nitrogen and oxygen atoms in total. The number of aliphatic hydroxyl groups is 1. The summed E-state index contributed by atoms with van der Waals surface area (Å²) in [5, 5.41) is 11.1. The van der Waals surface area contributed by atoms with Crippen LogP contribution >= 0.6 is 0 Å². The lowest BCUT2D eigenvalue weighted by atomic mass is 9.82. The van der Waals surface area contributed by atoms with Gasteiger partial charge in [0.15, 0.2) is 0 Å². The van der Waals surface area contributed by atoms with Crippen molar-refractivity contribution in [2.75, 3.05) is 13.1 Å². The van der Waals surface area contributed by atoms with Crippen LogP contribution in [0.4, 0.5) is 4.39 Å². The number of hydrogen-bond acceptors (Lipinski definition) is 4. The lowest BCUT2D eigenvalue weighted by Gasteiger charge is -2.39. The molecule has 2 heterocycles. The molecule has 1 aromatic carbocycles. The highest BCUT2D eigenvalue weighted by Gasteiger charge is 2.36. The van der Waals surface area contributed by atoms with E-state index in [0.29, 0.717) is 31.8 Å². The zero-order valence-corrected chi connectivity index (χ0v) is 19.4. The molecular formula is C26H34FN3O3. The zero-order valence-electron chi connectivity index (χ0n) is 19.4. The van der Waals surface area contributed by atoms with Crippen molar-refractivity contribution in [3.05, 3.63) is 52.8 Å². The molecule has 178 valence electrons. The molecule has 1 amide bonds. The SMILES string of the molecule is C[C@H](CC1CCCCC1)C(=O)N1CCC(O)(Cn2cnc(-c3ccccc3F)cc2=O)CC1. The van der Waals surface area contributed by atoms with E-state index in [0.717, 1.165) is 6.42 Å². The van der Waals surface area contributed by atoms with Crippen molar-refractivity contribution in [1.29, 1.82) is 0 Å². The molecule has 1 atom stereocenters. The minimum Gasteiger partial charge on any atom is -0.388 e. The van der Waals surface area contributed by atoms with Crippen LogP contribution < -0.4 is 5.56 Å². The van der Waals surface area contributed by atoms with Gasteiger partial charge in [-0.15, -0.1) is 0 Å². The summed E-state index contributed by atoms with van der Waals surface area (Å²) >= 11 is 0. The maximum atomic E-state index is 14.0. The van der Waals surface area contributed by atoms with Crippen LogP contribution in [0.1, 0.15) is 58.3 Å². The molecular weight excluding hydrogens is 421 g/mol. The Hall–Kier alpha value is -2.54. The molecule has 2 aromatic rings. The second-order valence-corrected chi connectivity index (χ2v) is 9.91. The van der Waals surface area contributed by atoms with Gasteiger partial charge in [0.25, 0.3) is 5.56 Å². The molecule has 1 N–H and O–H groups in total. The van der Waals surface area contributed by atoms with Crippen LogP contribution in [0, 0.1) is 17.7 Å². The van der Waals surface area contributed by atoms with E-state index < -0.39 is 11.4 Å². The first kappa shape index (κ1) is 23.6. The summed E-state index contributed by atoms with van der Waals surface area (Å²) in [5.41, 5.74) is -0.867. The number of rotatable bonds is 6. The highest BCUT2D eigenvalue weighted by atomic mass is 19.1. The molecule has 2 aliphatic rings. The van der Waals surface area contributed by atoms with E-state index in [-0.39, 0.29) is 35.2 Å². The number of likely N-dealkylation sites (tertiary alicyclic amines) is 1. The Bertz CT molecular complexity index is 1020. The molecule has 0 unspecified atom stereocenters. The van der Waals surface area contributed by atoms with Gasteiger partial charge in [-0.3, -0.25) is 14.2 Å². The maximum Gasteiger partial charge on any atom is 0.253 e. The number of carbonyl (C=O) groups excluding carboxylic acids is 1. The summed E-state index contributed by atoms with van der Waals surface area (Å²) in [6.07, 6.45) is 9.48. The molecule has 1 aliphatic heterocycles. The maximum absolute atomic E-state index is 14.0. The van der Waals surface area contributed by atoms with Gasteiger partial charge in [0, 0.05) is 30.6 Å². The average molecular weight is 456 g/mol. The van der Waals surface area contributed by atoms with E-state index in [1.807, 2.05) is 11.8 Å². The standard InChI is InChI=1S/C26H34FN3O3/c1-19(15-20-7-3-2-4-8-20)25(32)29-13-11-26(33,12-14-29)17-30-18-28-23(16-24(30)31)21-9-5-6-10-22(21)27/h5-6,9-10,16,18-20,33H,2-4,7-8,11-15,17H2,1H3/t19-/m1/s1. The molecule has 0 radical (unpaired) electrons. The van der Waals surface area contributed by atoms with E-state index >= 15 is 0 Å². The van der Waals surface area contributed by atoms with Gasteiger partial charge < -0.3 is 10.0 Å². The summed E-state index contributed by atoms with van der Waals surface area (Å²) in [4.78, 5) is 31.7. The van der Waals surface area contributed by atoms with Crippen molar-refractivity contribution >= 4 is 5.91 Å². The number of carbonyl (C=O) groups is 1. The Morgan fingerprint density at radius 2 is 1.91 bits per heavy atom. The molecule has 7 heteroatoms. The van der Waals surface area contributed by atoms with Crippen molar-refractivity contribution in [2.45, 2.75) is 70.4 Å². The third-order valence-corrected chi connectivity index (χ3v) is 7.33. The predicted molar refractivity (Wildman–Crippen MR) is 125 cm³/mol. The summed E-state index contributed by atoms with van der Waals surface area (Å²) in [6, 6.07) is 7.49. The van der Waals surface area contributed by atoms with Gasteiger partial charge in [0.05, 0.1) is 24.2 Å². The van der Waals surface area contributed by atoms with Crippen molar-refractivity contribution in [3.8, 4) is 11.3 Å². The third kappa shape index (κ3) is 5.69. The van der Waals surface area contributed by atoms with E-state index in [1.165, 1.54) is 55.1 Å². The summed E-state index contributed by atoms with van der Waals surface area (Å²) in [7, 11) is 0. The van der Waals surface area contributed by atoms with Crippen molar-refractivity contribution in [1.82, 2.24) is 14.5 Å². The fourth-order valence-corrected chi connectivity index (χ4v) is 5.31. The zero-order chi connectivity index (χ0) is 23.4. The van der Waals surface area contributed by atoms with Gasteiger partial charge in [-0.05, 0) is 37.3 Å². The van der Waals surface area contributed by atoms with Crippen LogP contribution in [0.3, 0.4) is 0 Å². The van der Waals surface area contributed by atoms with Crippen LogP contribution in [-0.2, 0) is 11.3 Å². The molecule has 33 heavy (non-hydrogen) atoms. The first-order chi connectivity index (χ1) is 15.8. The normalized spacial score (nSPS) is 19.9. The van der Waals surface area contributed by atoms with Crippen molar-refractivity contribution < 1.29 is 14.3 Å². The fourth-order valence-electron chi connectivity index (χ4n) is 5.31. The van der Waals surface area contributed by atoms with Crippen LogP contribution in [0.15, 0.2) is 41.5 Å². The monoisotopic (exact) mass is 455 g/mol. The van der Waals surface area contributed by atoms with Crippen LogP contribution in [0.25, 0.3) is 11.3 Å². The predicted octanol–water partition coefficient (Wildman–Crippen LogP) is 4.01. The van der Waals surface area contributed by atoms with E-state index in [1.54, 1.807) is 18.2 Å².